The van der Waals surface area contributed by atoms with E-state index in [4.69, 9.17) is 4.74 Å². The minimum absolute atomic E-state index is 0.00503. The van der Waals surface area contributed by atoms with Crippen LogP contribution < -0.4 is 5.32 Å². The fourth-order valence-corrected chi connectivity index (χ4v) is 1.72. The first-order chi connectivity index (χ1) is 8.54. The van der Waals surface area contributed by atoms with Gasteiger partial charge in [-0.3, -0.25) is 14.9 Å². The number of nitro benzene ring substituents is 1. The molecule has 0 heterocycles. The van der Waals surface area contributed by atoms with Gasteiger partial charge in [-0.2, -0.15) is 0 Å². The molecule has 0 atom stereocenters. The predicted octanol–water partition coefficient (Wildman–Crippen LogP) is 2.01. The van der Waals surface area contributed by atoms with Crippen molar-refractivity contribution in [2.45, 2.75) is 13.5 Å². The van der Waals surface area contributed by atoms with Gasteiger partial charge in [0.05, 0.1) is 22.5 Å². The topological polar surface area (TPSA) is 81.5 Å². The monoisotopic (exact) mass is 316 g/mol. The van der Waals surface area contributed by atoms with Crippen molar-refractivity contribution in [2.75, 3.05) is 13.2 Å². The molecular formula is C11H13BrN2O4. The van der Waals surface area contributed by atoms with Crippen LogP contribution in [0, 0.1) is 10.1 Å². The highest BCUT2D eigenvalue weighted by Gasteiger charge is 2.12. The van der Waals surface area contributed by atoms with Gasteiger partial charge in [-0.25, -0.2) is 0 Å². The van der Waals surface area contributed by atoms with Crippen LogP contribution in [0.15, 0.2) is 22.7 Å². The summed E-state index contributed by atoms with van der Waals surface area (Å²) in [5.41, 5.74) is 0.736. The van der Waals surface area contributed by atoms with Crippen LogP contribution in [0.1, 0.15) is 12.5 Å². The van der Waals surface area contributed by atoms with Crippen molar-refractivity contribution in [3.05, 3.63) is 38.3 Å². The van der Waals surface area contributed by atoms with Crippen LogP contribution in [-0.2, 0) is 16.1 Å². The van der Waals surface area contributed by atoms with E-state index in [-0.39, 0.29) is 18.2 Å². The Morgan fingerprint density at radius 1 is 1.56 bits per heavy atom. The number of nitrogens with one attached hydrogen (secondary N) is 1. The van der Waals surface area contributed by atoms with Crippen LogP contribution in [0.2, 0.25) is 0 Å². The summed E-state index contributed by atoms with van der Waals surface area (Å²) in [4.78, 5) is 21.3. The number of nitrogens with zero attached hydrogens (tertiary/aromatic N) is 1. The van der Waals surface area contributed by atoms with E-state index in [2.05, 4.69) is 21.2 Å². The molecule has 0 fully saturated rings. The van der Waals surface area contributed by atoms with Crippen LogP contribution >= 0.6 is 15.9 Å². The number of benzene rings is 1. The van der Waals surface area contributed by atoms with Gasteiger partial charge in [0.15, 0.2) is 0 Å². The van der Waals surface area contributed by atoms with E-state index in [0.29, 0.717) is 17.6 Å². The molecule has 1 rings (SSSR count). The van der Waals surface area contributed by atoms with Crippen LogP contribution in [0.3, 0.4) is 0 Å². The number of ether oxygens (including phenoxy) is 1. The molecule has 1 N–H and O–H groups in total. The number of nitro groups is 1. The van der Waals surface area contributed by atoms with E-state index in [9.17, 15) is 14.9 Å². The zero-order valence-electron chi connectivity index (χ0n) is 9.81. The fourth-order valence-electron chi connectivity index (χ4n) is 1.33. The second-order valence-electron chi connectivity index (χ2n) is 3.45. The number of halogens is 1. The number of esters is 1. The second kappa shape index (κ2) is 7.07. The number of carbonyl (C=O) groups is 1. The van der Waals surface area contributed by atoms with E-state index in [1.165, 1.54) is 6.07 Å². The SMILES string of the molecule is CCOC(=O)CNCc1ccc(Br)c([N+](=O)[O-])c1. The van der Waals surface area contributed by atoms with E-state index >= 15 is 0 Å². The third-order valence-electron chi connectivity index (χ3n) is 2.11. The lowest BCUT2D eigenvalue weighted by Gasteiger charge is -2.05. The van der Waals surface area contributed by atoms with E-state index in [1.54, 1.807) is 19.1 Å². The van der Waals surface area contributed by atoms with Gasteiger partial charge >= 0.3 is 5.97 Å². The van der Waals surface area contributed by atoms with Crippen molar-refractivity contribution in [3.8, 4) is 0 Å². The highest BCUT2D eigenvalue weighted by Crippen LogP contribution is 2.25. The first-order valence-corrected chi connectivity index (χ1v) is 6.13. The maximum atomic E-state index is 11.1. The van der Waals surface area contributed by atoms with Crippen molar-refractivity contribution < 1.29 is 14.5 Å². The predicted molar refractivity (Wildman–Crippen MR) is 69.1 cm³/mol. The summed E-state index contributed by atoms with van der Waals surface area (Å²) in [6, 6.07) is 4.82. The Bertz CT molecular complexity index is 451. The van der Waals surface area contributed by atoms with E-state index in [1.807, 2.05) is 0 Å². The zero-order chi connectivity index (χ0) is 13.5. The molecule has 1 aromatic rings. The van der Waals surface area contributed by atoms with Gasteiger partial charge in [0, 0.05) is 12.6 Å². The van der Waals surface area contributed by atoms with E-state index in [0.717, 1.165) is 5.56 Å². The first kappa shape index (κ1) is 14.6. The molecule has 0 spiro atoms. The van der Waals surface area contributed by atoms with Gasteiger partial charge < -0.3 is 10.1 Å². The lowest BCUT2D eigenvalue weighted by molar-refractivity contribution is -0.385. The first-order valence-electron chi connectivity index (χ1n) is 5.33. The van der Waals surface area contributed by atoms with Crippen molar-refractivity contribution in [1.29, 1.82) is 0 Å². The van der Waals surface area contributed by atoms with Gasteiger partial charge in [-0.1, -0.05) is 6.07 Å². The summed E-state index contributed by atoms with van der Waals surface area (Å²) >= 11 is 3.11. The Kier molecular flexibility index (Phi) is 5.73. The van der Waals surface area contributed by atoms with Gasteiger partial charge in [-0.05, 0) is 34.5 Å². The molecule has 0 aromatic heterocycles. The fraction of sp³-hybridized carbons (Fsp3) is 0.364. The smallest absolute Gasteiger partial charge is 0.319 e. The lowest BCUT2D eigenvalue weighted by atomic mass is 10.2. The molecule has 7 heteroatoms. The third kappa shape index (κ3) is 4.42. The van der Waals surface area contributed by atoms with Gasteiger partial charge in [-0.15, -0.1) is 0 Å². The van der Waals surface area contributed by atoms with Gasteiger partial charge in [0.25, 0.3) is 5.69 Å². The van der Waals surface area contributed by atoms with Crippen molar-refractivity contribution in [2.24, 2.45) is 0 Å². The Morgan fingerprint density at radius 2 is 2.28 bits per heavy atom. The summed E-state index contributed by atoms with van der Waals surface area (Å²) in [6.45, 7) is 2.52. The molecule has 18 heavy (non-hydrogen) atoms. The summed E-state index contributed by atoms with van der Waals surface area (Å²) in [5.74, 6) is -0.343. The largest absolute Gasteiger partial charge is 0.465 e. The number of rotatable bonds is 6. The van der Waals surface area contributed by atoms with Crippen LogP contribution in [-0.4, -0.2) is 24.0 Å². The Hall–Kier alpha value is -1.47. The minimum atomic E-state index is -0.459. The Balaban J connectivity index is 2.55. The van der Waals surface area contributed by atoms with Gasteiger partial charge in [0.2, 0.25) is 0 Å². The second-order valence-corrected chi connectivity index (χ2v) is 4.31. The highest BCUT2D eigenvalue weighted by atomic mass is 79.9. The molecule has 6 nitrogen and oxygen atoms in total. The lowest BCUT2D eigenvalue weighted by Crippen LogP contribution is -2.24. The highest BCUT2D eigenvalue weighted by molar-refractivity contribution is 9.10. The molecule has 0 unspecified atom stereocenters. The maximum Gasteiger partial charge on any atom is 0.319 e. The molecule has 0 saturated carbocycles. The van der Waals surface area contributed by atoms with Crippen LogP contribution in [0.25, 0.3) is 0 Å². The molecule has 0 aliphatic heterocycles. The van der Waals surface area contributed by atoms with Crippen molar-refractivity contribution in [1.82, 2.24) is 5.32 Å². The molecule has 0 bridgehead atoms. The summed E-state index contributed by atoms with van der Waals surface area (Å²) in [5, 5.41) is 13.6. The van der Waals surface area contributed by atoms with Crippen LogP contribution in [0.4, 0.5) is 5.69 Å². The van der Waals surface area contributed by atoms with Crippen molar-refractivity contribution >= 4 is 27.6 Å². The summed E-state index contributed by atoms with van der Waals surface area (Å²) in [6.07, 6.45) is 0. The third-order valence-corrected chi connectivity index (χ3v) is 2.78. The summed E-state index contributed by atoms with van der Waals surface area (Å²) in [7, 11) is 0. The molecule has 0 radical (unpaired) electrons. The molecular weight excluding hydrogens is 304 g/mol. The number of carbonyl (C=O) groups excluding carboxylic acids is 1. The number of hydrogen-bond acceptors (Lipinski definition) is 5. The van der Waals surface area contributed by atoms with Gasteiger partial charge in [0.1, 0.15) is 0 Å². The molecule has 0 saturated heterocycles. The minimum Gasteiger partial charge on any atom is -0.465 e. The Morgan fingerprint density at radius 3 is 2.89 bits per heavy atom. The average Bonchev–Trinajstić information content (AvgIpc) is 2.31. The Labute approximate surface area is 113 Å². The maximum absolute atomic E-state index is 11.1. The molecule has 98 valence electrons. The average molecular weight is 317 g/mol. The number of hydrogen-bond donors (Lipinski definition) is 1. The quantitative estimate of drug-likeness (QED) is 0.493. The van der Waals surface area contributed by atoms with Crippen LogP contribution in [0.5, 0.6) is 0 Å². The van der Waals surface area contributed by atoms with Crippen molar-refractivity contribution in [3.63, 3.8) is 0 Å². The molecule has 1 aromatic carbocycles. The summed E-state index contributed by atoms with van der Waals surface area (Å²) < 4.78 is 5.18. The van der Waals surface area contributed by atoms with E-state index < -0.39 is 4.92 Å². The standard InChI is InChI=1S/C11H13BrN2O4/c1-2-18-11(15)7-13-6-8-3-4-9(12)10(5-8)14(16)17/h3-5,13H,2,6-7H2,1H3. The molecule has 0 aliphatic carbocycles. The molecule has 0 aliphatic rings. The normalized spacial score (nSPS) is 10.1. The zero-order valence-corrected chi connectivity index (χ0v) is 11.4. The molecule has 0 amide bonds.